The lowest BCUT2D eigenvalue weighted by Gasteiger charge is -2.00. The van der Waals surface area contributed by atoms with Crippen molar-refractivity contribution in [3.8, 4) is 0 Å². The standard InChI is InChI=1S/C18H28NS.BF4/c1-2-3-4-5-6-7-8-9-12-15-19-16-20-18-14-11-10-13-17(18)19;2-1(3,4)5/h10-11,13-14,16H,2-9,12,15H2,1H3;/q+1;-1. The van der Waals surface area contributed by atoms with Gasteiger partial charge in [-0.25, -0.2) is 0 Å². The van der Waals surface area contributed by atoms with E-state index in [1.54, 1.807) is 0 Å². The molecule has 1 nitrogen and oxygen atoms in total. The summed E-state index contributed by atoms with van der Waals surface area (Å²) in [5, 5.41) is 0. The van der Waals surface area contributed by atoms with Crippen LogP contribution in [0.25, 0.3) is 10.2 Å². The Balaban J connectivity index is 0.000000550. The molecule has 25 heavy (non-hydrogen) atoms. The topological polar surface area (TPSA) is 3.88 Å². The van der Waals surface area contributed by atoms with Crippen LogP contribution >= 0.6 is 11.3 Å². The highest BCUT2D eigenvalue weighted by Gasteiger charge is 2.20. The molecule has 0 saturated carbocycles. The first-order valence-corrected chi connectivity index (χ1v) is 10.0. The molecule has 1 heterocycles. The number of aryl methyl sites for hydroxylation is 1. The smallest absolute Gasteiger partial charge is 0.418 e. The van der Waals surface area contributed by atoms with Crippen LogP contribution in [0.1, 0.15) is 64.7 Å². The van der Waals surface area contributed by atoms with E-state index < -0.39 is 7.25 Å². The molecule has 0 N–H and O–H groups in total. The molecule has 0 amide bonds. The summed E-state index contributed by atoms with van der Waals surface area (Å²) in [5.41, 5.74) is 3.67. The lowest BCUT2D eigenvalue weighted by atomic mass is 10.1. The fourth-order valence-electron chi connectivity index (χ4n) is 2.74. The summed E-state index contributed by atoms with van der Waals surface area (Å²) in [6.07, 6.45) is 12.6. The van der Waals surface area contributed by atoms with Crippen molar-refractivity contribution in [1.29, 1.82) is 0 Å². The van der Waals surface area contributed by atoms with Crippen LogP contribution in [-0.4, -0.2) is 7.25 Å². The van der Waals surface area contributed by atoms with Crippen LogP contribution in [0.3, 0.4) is 0 Å². The third kappa shape index (κ3) is 11.2. The first-order chi connectivity index (χ1) is 11.9. The fourth-order valence-corrected chi connectivity index (χ4v) is 3.66. The Labute approximate surface area is 152 Å². The molecule has 0 bridgehead atoms. The highest BCUT2D eigenvalue weighted by atomic mass is 32.1. The highest BCUT2D eigenvalue weighted by molar-refractivity contribution is 7.16. The maximum absolute atomic E-state index is 9.75. The SMILES string of the molecule is CCCCCCCCCCC[n+]1csc2ccccc21.F[B-](F)(F)F. The summed E-state index contributed by atoms with van der Waals surface area (Å²) in [5.74, 6) is 0. The number of halogens is 4. The van der Waals surface area contributed by atoms with Gasteiger partial charge in [0.25, 0.3) is 0 Å². The van der Waals surface area contributed by atoms with Gasteiger partial charge in [0, 0.05) is 12.5 Å². The van der Waals surface area contributed by atoms with Gasteiger partial charge in [-0.05, 0) is 12.5 Å². The molecular formula is C18H28BF4NS. The van der Waals surface area contributed by atoms with Crippen molar-refractivity contribution in [1.82, 2.24) is 0 Å². The molecule has 0 aliphatic rings. The predicted octanol–water partition coefficient (Wildman–Crippen LogP) is 7.02. The van der Waals surface area contributed by atoms with Gasteiger partial charge in [-0.2, -0.15) is 4.57 Å². The van der Waals surface area contributed by atoms with E-state index in [1.165, 1.54) is 74.5 Å². The summed E-state index contributed by atoms with van der Waals surface area (Å²) in [7, 11) is -6.00. The van der Waals surface area contributed by atoms with E-state index in [0.29, 0.717) is 0 Å². The van der Waals surface area contributed by atoms with Gasteiger partial charge in [0.1, 0.15) is 11.2 Å². The molecule has 0 radical (unpaired) electrons. The molecule has 0 aliphatic carbocycles. The van der Waals surface area contributed by atoms with Crippen LogP contribution in [-0.2, 0) is 6.54 Å². The molecule has 142 valence electrons. The molecule has 2 aromatic rings. The van der Waals surface area contributed by atoms with Crippen molar-refractivity contribution in [2.24, 2.45) is 0 Å². The van der Waals surface area contributed by atoms with Crippen LogP contribution in [0.15, 0.2) is 29.8 Å². The number of benzene rings is 1. The molecule has 0 spiro atoms. The Kier molecular flexibility index (Phi) is 10.8. The quantitative estimate of drug-likeness (QED) is 0.181. The first kappa shape index (κ1) is 21.9. The van der Waals surface area contributed by atoms with Gasteiger partial charge in [0.2, 0.25) is 11.0 Å². The summed E-state index contributed by atoms with van der Waals surface area (Å²) < 4.78 is 42.8. The Morgan fingerprint density at radius 1 is 0.840 bits per heavy atom. The summed E-state index contributed by atoms with van der Waals surface area (Å²) in [6.45, 7) is 3.46. The van der Waals surface area contributed by atoms with Gasteiger partial charge >= 0.3 is 7.25 Å². The number of para-hydroxylation sites is 1. The molecule has 1 aromatic heterocycles. The van der Waals surface area contributed by atoms with Crippen molar-refractivity contribution in [2.75, 3.05) is 0 Å². The van der Waals surface area contributed by atoms with Gasteiger partial charge in [0.05, 0.1) is 0 Å². The van der Waals surface area contributed by atoms with Gasteiger partial charge in [0.15, 0.2) is 0 Å². The fraction of sp³-hybridized carbons (Fsp3) is 0.611. The normalized spacial score (nSPS) is 11.4. The molecule has 0 saturated heterocycles. The molecule has 0 aliphatic heterocycles. The molecule has 1 aromatic carbocycles. The van der Waals surface area contributed by atoms with Gasteiger partial charge in [-0.3, -0.25) is 0 Å². The molecule has 0 fully saturated rings. The largest absolute Gasteiger partial charge is 0.673 e. The number of hydrogen-bond donors (Lipinski definition) is 0. The van der Waals surface area contributed by atoms with Crippen molar-refractivity contribution >= 4 is 28.8 Å². The number of nitrogens with zero attached hydrogens (tertiary/aromatic N) is 1. The molecule has 2 rings (SSSR count). The van der Waals surface area contributed by atoms with E-state index in [2.05, 4.69) is 41.3 Å². The number of rotatable bonds is 10. The molecule has 0 unspecified atom stereocenters. The maximum atomic E-state index is 9.75. The van der Waals surface area contributed by atoms with Gasteiger partial charge in [-0.1, -0.05) is 75.3 Å². The van der Waals surface area contributed by atoms with Gasteiger partial charge < -0.3 is 17.3 Å². The number of aromatic nitrogens is 1. The second kappa shape index (κ2) is 12.3. The number of hydrogen-bond acceptors (Lipinski definition) is 1. The zero-order valence-electron chi connectivity index (χ0n) is 14.9. The summed E-state index contributed by atoms with van der Waals surface area (Å²) in [6, 6.07) is 8.72. The van der Waals surface area contributed by atoms with Crippen LogP contribution in [0.4, 0.5) is 17.3 Å². The van der Waals surface area contributed by atoms with E-state index in [1.807, 2.05) is 11.3 Å². The van der Waals surface area contributed by atoms with Crippen LogP contribution in [0.5, 0.6) is 0 Å². The van der Waals surface area contributed by atoms with E-state index in [9.17, 15) is 17.3 Å². The van der Waals surface area contributed by atoms with Crippen molar-refractivity contribution in [3.05, 3.63) is 29.8 Å². The Hall–Kier alpha value is -1.11. The molecular weight excluding hydrogens is 349 g/mol. The Morgan fingerprint density at radius 3 is 1.96 bits per heavy atom. The van der Waals surface area contributed by atoms with E-state index in [-0.39, 0.29) is 0 Å². The highest BCUT2D eigenvalue weighted by Crippen LogP contribution is 2.15. The average molecular weight is 377 g/mol. The summed E-state index contributed by atoms with van der Waals surface area (Å²) in [4.78, 5) is 0. The zero-order valence-corrected chi connectivity index (χ0v) is 15.7. The minimum atomic E-state index is -6.00. The average Bonchev–Trinajstić information content (AvgIpc) is 2.95. The predicted molar refractivity (Wildman–Crippen MR) is 99.4 cm³/mol. The first-order valence-electron chi connectivity index (χ1n) is 9.15. The third-order valence-corrected chi connectivity index (χ3v) is 4.94. The minimum Gasteiger partial charge on any atom is -0.418 e. The van der Waals surface area contributed by atoms with Crippen LogP contribution in [0, 0.1) is 0 Å². The molecule has 0 atom stereocenters. The van der Waals surface area contributed by atoms with Crippen molar-refractivity contribution in [3.63, 3.8) is 0 Å². The monoisotopic (exact) mass is 377 g/mol. The maximum Gasteiger partial charge on any atom is 0.673 e. The lowest BCUT2D eigenvalue weighted by molar-refractivity contribution is -0.667. The Morgan fingerprint density at radius 2 is 1.36 bits per heavy atom. The second-order valence-electron chi connectivity index (χ2n) is 6.21. The van der Waals surface area contributed by atoms with Crippen LogP contribution < -0.4 is 4.57 Å². The van der Waals surface area contributed by atoms with E-state index >= 15 is 0 Å². The summed E-state index contributed by atoms with van der Waals surface area (Å²) >= 11 is 1.86. The third-order valence-electron chi connectivity index (χ3n) is 3.98. The lowest BCUT2D eigenvalue weighted by Crippen LogP contribution is -2.31. The van der Waals surface area contributed by atoms with Crippen molar-refractivity contribution < 1.29 is 21.8 Å². The minimum absolute atomic E-state index is 1.18. The van der Waals surface area contributed by atoms with E-state index in [0.717, 1.165) is 0 Å². The van der Waals surface area contributed by atoms with E-state index in [4.69, 9.17) is 0 Å². The van der Waals surface area contributed by atoms with Crippen LogP contribution in [0.2, 0.25) is 0 Å². The molecule has 7 heteroatoms. The van der Waals surface area contributed by atoms with Crippen molar-refractivity contribution in [2.45, 2.75) is 71.3 Å². The second-order valence-corrected chi connectivity index (χ2v) is 7.09. The van der Waals surface area contributed by atoms with Gasteiger partial charge in [-0.15, -0.1) is 0 Å². The number of thiazole rings is 1. The Bertz CT molecular complexity index is 580. The number of unbranched alkanes of at least 4 members (excludes halogenated alkanes) is 8. The zero-order chi connectivity index (χ0) is 18.5. The number of fused-ring (bicyclic) bond motifs is 1.